The molecule has 0 saturated carbocycles. The number of nitrogens with one attached hydrogen (secondary N) is 2. The molecule has 144 valence electrons. The van der Waals surface area contributed by atoms with Crippen molar-refractivity contribution in [1.82, 2.24) is 10.6 Å². The first kappa shape index (κ1) is 19.0. The normalized spacial score (nSPS) is 23.5. The van der Waals surface area contributed by atoms with Crippen LogP contribution in [0.4, 0.5) is 5.69 Å². The first-order chi connectivity index (χ1) is 12.7. The van der Waals surface area contributed by atoms with E-state index in [2.05, 4.69) is 51.7 Å². The van der Waals surface area contributed by atoms with Crippen molar-refractivity contribution in [1.29, 1.82) is 0 Å². The van der Waals surface area contributed by atoms with E-state index in [0.29, 0.717) is 25.4 Å². The van der Waals surface area contributed by atoms with E-state index >= 15 is 0 Å². The monoisotopic (exact) mass is 360 g/mol. The van der Waals surface area contributed by atoms with Gasteiger partial charge in [-0.2, -0.15) is 0 Å². The van der Waals surface area contributed by atoms with Crippen LogP contribution < -0.4 is 15.5 Å². The van der Waals surface area contributed by atoms with E-state index in [4.69, 9.17) is 9.47 Å². The van der Waals surface area contributed by atoms with Gasteiger partial charge in [-0.1, -0.05) is 17.7 Å². The summed E-state index contributed by atoms with van der Waals surface area (Å²) in [7, 11) is 1.81. The fourth-order valence-corrected chi connectivity index (χ4v) is 3.49. The van der Waals surface area contributed by atoms with E-state index in [1.54, 1.807) is 0 Å². The number of hydrogen-bond acceptors (Lipinski definition) is 4. The van der Waals surface area contributed by atoms with Crippen molar-refractivity contribution >= 4 is 11.6 Å². The average Bonchev–Trinajstić information content (AvgIpc) is 3.33. The molecule has 0 amide bonds. The highest BCUT2D eigenvalue weighted by atomic mass is 16.5. The molecule has 0 radical (unpaired) electrons. The lowest BCUT2D eigenvalue weighted by atomic mass is 10.2. The van der Waals surface area contributed by atoms with Gasteiger partial charge in [0, 0.05) is 45.0 Å². The Morgan fingerprint density at radius 2 is 2.15 bits per heavy atom. The van der Waals surface area contributed by atoms with Crippen LogP contribution in [-0.2, 0) is 9.47 Å². The molecule has 2 N–H and O–H groups in total. The SMILES string of the molecule is CN=C(NCCOCC1CCCO1)NC1CCN(c2ccc(C)cc2)C1. The zero-order valence-corrected chi connectivity index (χ0v) is 16.0. The highest BCUT2D eigenvalue weighted by Gasteiger charge is 2.23. The number of aryl methyl sites for hydroxylation is 1. The van der Waals surface area contributed by atoms with Gasteiger partial charge in [0.15, 0.2) is 5.96 Å². The molecule has 0 bridgehead atoms. The maximum Gasteiger partial charge on any atom is 0.191 e. The van der Waals surface area contributed by atoms with Crippen LogP contribution in [-0.4, -0.2) is 64.6 Å². The molecule has 2 fully saturated rings. The first-order valence-corrected chi connectivity index (χ1v) is 9.73. The molecule has 0 spiro atoms. The van der Waals surface area contributed by atoms with E-state index < -0.39 is 0 Å². The molecule has 6 nitrogen and oxygen atoms in total. The van der Waals surface area contributed by atoms with Crippen LogP contribution in [0, 0.1) is 6.92 Å². The smallest absolute Gasteiger partial charge is 0.191 e. The van der Waals surface area contributed by atoms with E-state index in [-0.39, 0.29) is 0 Å². The summed E-state index contributed by atoms with van der Waals surface area (Å²) in [5.74, 6) is 0.849. The molecule has 2 heterocycles. The van der Waals surface area contributed by atoms with Gasteiger partial charge in [-0.05, 0) is 38.3 Å². The standard InChI is InChI=1S/C20H32N4O2/c1-16-5-7-18(8-6-16)24-11-9-17(14-24)23-20(21-2)22-10-13-25-15-19-4-3-12-26-19/h5-8,17,19H,3-4,9-15H2,1-2H3,(H2,21,22,23). The van der Waals surface area contributed by atoms with Crippen LogP contribution in [0.25, 0.3) is 0 Å². The largest absolute Gasteiger partial charge is 0.377 e. The molecule has 2 aliphatic heterocycles. The Morgan fingerprint density at radius 1 is 1.31 bits per heavy atom. The van der Waals surface area contributed by atoms with E-state index in [1.807, 2.05) is 7.05 Å². The number of rotatable bonds is 7. The number of benzene rings is 1. The number of guanidine groups is 1. The minimum absolute atomic E-state index is 0.290. The van der Waals surface area contributed by atoms with E-state index in [1.165, 1.54) is 11.3 Å². The topological polar surface area (TPSA) is 58.1 Å². The molecule has 2 aliphatic rings. The van der Waals surface area contributed by atoms with Crippen molar-refractivity contribution in [2.75, 3.05) is 51.4 Å². The summed E-state index contributed by atoms with van der Waals surface area (Å²) in [4.78, 5) is 6.76. The molecule has 0 aliphatic carbocycles. The Labute approximate surface area is 157 Å². The van der Waals surface area contributed by atoms with Gasteiger partial charge in [0.2, 0.25) is 0 Å². The lowest BCUT2D eigenvalue weighted by Gasteiger charge is -2.20. The number of ether oxygens (including phenoxy) is 2. The fraction of sp³-hybridized carbons (Fsp3) is 0.650. The second-order valence-electron chi connectivity index (χ2n) is 7.12. The van der Waals surface area contributed by atoms with Gasteiger partial charge in [-0.3, -0.25) is 4.99 Å². The van der Waals surface area contributed by atoms with Crippen LogP contribution in [0.2, 0.25) is 0 Å². The van der Waals surface area contributed by atoms with Gasteiger partial charge < -0.3 is 25.0 Å². The summed E-state index contributed by atoms with van der Waals surface area (Å²) >= 11 is 0. The third-order valence-electron chi connectivity index (χ3n) is 5.02. The Bertz CT molecular complexity index is 570. The second-order valence-corrected chi connectivity index (χ2v) is 7.12. The molecular formula is C20H32N4O2. The Morgan fingerprint density at radius 3 is 2.88 bits per heavy atom. The Hall–Kier alpha value is -1.79. The zero-order valence-electron chi connectivity index (χ0n) is 16.0. The summed E-state index contributed by atoms with van der Waals surface area (Å²) in [5.41, 5.74) is 2.60. The van der Waals surface area contributed by atoms with Gasteiger partial charge in [0.1, 0.15) is 0 Å². The summed E-state index contributed by atoms with van der Waals surface area (Å²) < 4.78 is 11.2. The lowest BCUT2D eigenvalue weighted by Crippen LogP contribution is -2.45. The molecule has 1 aromatic carbocycles. The second kappa shape index (κ2) is 9.78. The van der Waals surface area contributed by atoms with Crippen molar-refractivity contribution in [2.24, 2.45) is 4.99 Å². The maximum atomic E-state index is 5.69. The van der Waals surface area contributed by atoms with Crippen molar-refractivity contribution < 1.29 is 9.47 Å². The predicted molar refractivity (Wildman–Crippen MR) is 106 cm³/mol. The summed E-state index contributed by atoms with van der Waals surface area (Å²) in [6.07, 6.45) is 3.68. The summed E-state index contributed by atoms with van der Waals surface area (Å²) in [6, 6.07) is 9.17. The molecule has 2 atom stereocenters. The van der Waals surface area contributed by atoms with Gasteiger partial charge in [0.25, 0.3) is 0 Å². The van der Waals surface area contributed by atoms with Gasteiger partial charge >= 0.3 is 0 Å². The van der Waals surface area contributed by atoms with Gasteiger partial charge in [-0.15, -0.1) is 0 Å². The fourth-order valence-electron chi connectivity index (χ4n) is 3.49. The highest BCUT2D eigenvalue weighted by Crippen LogP contribution is 2.20. The number of anilines is 1. The number of hydrogen-bond donors (Lipinski definition) is 2. The number of nitrogens with zero attached hydrogens (tertiary/aromatic N) is 2. The van der Waals surface area contributed by atoms with Gasteiger partial charge in [-0.25, -0.2) is 0 Å². The summed E-state index contributed by atoms with van der Waals surface area (Å²) in [5, 5.41) is 6.86. The third kappa shape index (κ3) is 5.61. The van der Waals surface area contributed by atoms with Crippen LogP contribution in [0.15, 0.2) is 29.3 Å². The molecule has 6 heteroatoms. The highest BCUT2D eigenvalue weighted by molar-refractivity contribution is 5.80. The Balaban J connectivity index is 1.33. The lowest BCUT2D eigenvalue weighted by molar-refractivity contribution is 0.0191. The van der Waals surface area contributed by atoms with E-state index in [0.717, 1.165) is 51.5 Å². The predicted octanol–water partition coefficient (Wildman–Crippen LogP) is 1.93. The molecular weight excluding hydrogens is 328 g/mol. The van der Waals surface area contributed by atoms with Crippen LogP contribution in [0.5, 0.6) is 0 Å². The molecule has 0 aromatic heterocycles. The molecule has 26 heavy (non-hydrogen) atoms. The first-order valence-electron chi connectivity index (χ1n) is 9.73. The molecule has 3 rings (SSSR count). The van der Waals surface area contributed by atoms with E-state index in [9.17, 15) is 0 Å². The van der Waals surface area contributed by atoms with Crippen molar-refractivity contribution in [3.8, 4) is 0 Å². The van der Waals surface area contributed by atoms with Crippen LogP contribution >= 0.6 is 0 Å². The van der Waals surface area contributed by atoms with Crippen LogP contribution in [0.3, 0.4) is 0 Å². The van der Waals surface area contributed by atoms with Gasteiger partial charge in [0.05, 0.1) is 19.3 Å². The Kier molecular flexibility index (Phi) is 7.14. The maximum absolute atomic E-state index is 5.69. The quantitative estimate of drug-likeness (QED) is 0.442. The molecule has 1 aromatic rings. The minimum Gasteiger partial charge on any atom is -0.377 e. The molecule has 2 unspecified atom stereocenters. The average molecular weight is 361 g/mol. The summed E-state index contributed by atoms with van der Waals surface area (Å²) in [6.45, 7) is 7.19. The van der Waals surface area contributed by atoms with Crippen LogP contribution in [0.1, 0.15) is 24.8 Å². The third-order valence-corrected chi connectivity index (χ3v) is 5.02. The van der Waals surface area contributed by atoms with Crippen molar-refractivity contribution in [2.45, 2.75) is 38.3 Å². The molecule has 2 saturated heterocycles. The number of aliphatic imine (C=N–C) groups is 1. The van der Waals surface area contributed by atoms with Crippen molar-refractivity contribution in [3.05, 3.63) is 29.8 Å². The zero-order chi connectivity index (χ0) is 18.2. The minimum atomic E-state index is 0.290. The van der Waals surface area contributed by atoms with Crippen molar-refractivity contribution in [3.63, 3.8) is 0 Å².